The van der Waals surface area contributed by atoms with Crippen molar-refractivity contribution in [3.63, 3.8) is 0 Å². The Hall–Kier alpha value is -9.72. The lowest BCUT2D eigenvalue weighted by molar-refractivity contribution is 0.465. The van der Waals surface area contributed by atoms with Gasteiger partial charge in [0.25, 0.3) is 6.71 Å². The molecule has 0 aliphatic carbocycles. The maximum Gasteiger partial charge on any atom is 0.260 e. The molecule has 13 aromatic rings. The van der Waals surface area contributed by atoms with Gasteiger partial charge in [-0.3, -0.25) is 0 Å². The molecule has 0 saturated carbocycles. The zero-order valence-electron chi connectivity index (χ0n) is 39.5. The van der Waals surface area contributed by atoms with Gasteiger partial charge in [-0.25, -0.2) is 0 Å². The summed E-state index contributed by atoms with van der Waals surface area (Å²) in [6.07, 6.45) is 0. The maximum absolute atomic E-state index is 7.02. The Labute approximate surface area is 422 Å². The molecule has 0 radical (unpaired) electrons. The molecule has 0 atom stereocenters. The predicted molar refractivity (Wildman–Crippen MR) is 302 cm³/mol. The number of hydrogen-bond acceptors (Lipinski definition) is 4. The minimum absolute atomic E-state index is 0.179. The normalized spacial score (nSPS) is 12.3. The molecule has 0 N–H and O–H groups in total. The van der Waals surface area contributed by atoms with Gasteiger partial charge in [-0.1, -0.05) is 127 Å². The van der Waals surface area contributed by atoms with E-state index in [-0.39, 0.29) is 6.71 Å². The lowest BCUT2D eigenvalue weighted by Gasteiger charge is -2.33. The Kier molecular flexibility index (Phi) is 9.26. The SMILES string of the molecule is c1ccc(N(c2ccccc2)c2ccc3c4cc5c(cc4n(-c4ccccc4)c3c2)B2c3cc4c(cc3Oc3cccc(c32)O5)c2ccc(N(c3ccccc3)c3ccccc3)cc2n4-c2ccccc2)cc1. The standard InChI is InChI=1S/C66H43BN4O2/c1-7-20-44(21-8-1)68(45-22-9-2-10-23-45)50-34-36-52-54-40-64-56(42-60(54)70(58(52)38-50)48-28-15-5-16-29-48)67-57-43-61-55(41-65(57)73-63-33-19-32-62(72-64)66(63)67)53-37-35-51(39-59(53)71(61)49-30-17-6-18-31-49)69(46-24-11-3-12-25-46)47-26-13-4-14-27-47/h1-43H. The van der Waals surface area contributed by atoms with E-state index in [9.17, 15) is 0 Å². The van der Waals surface area contributed by atoms with Crippen LogP contribution in [0.3, 0.4) is 0 Å². The van der Waals surface area contributed by atoms with E-state index < -0.39 is 0 Å². The van der Waals surface area contributed by atoms with Gasteiger partial charge in [0, 0.05) is 72.5 Å². The van der Waals surface area contributed by atoms with Crippen LogP contribution in [0.1, 0.15) is 0 Å². The highest BCUT2D eigenvalue weighted by Crippen LogP contribution is 2.45. The van der Waals surface area contributed by atoms with Gasteiger partial charge >= 0.3 is 0 Å². The second-order valence-electron chi connectivity index (χ2n) is 18.9. The van der Waals surface area contributed by atoms with Crippen molar-refractivity contribution >= 4 is 101 Å². The Balaban J connectivity index is 0.961. The number of hydrogen-bond donors (Lipinski definition) is 0. The van der Waals surface area contributed by atoms with E-state index in [2.05, 4.69) is 274 Å². The van der Waals surface area contributed by atoms with Crippen LogP contribution >= 0.6 is 0 Å². The van der Waals surface area contributed by atoms with Crippen molar-refractivity contribution in [2.75, 3.05) is 9.80 Å². The minimum Gasteiger partial charge on any atom is -0.458 e. The van der Waals surface area contributed by atoms with Gasteiger partial charge in [-0.15, -0.1) is 0 Å². The van der Waals surface area contributed by atoms with Crippen LogP contribution in [-0.2, 0) is 0 Å². The Morgan fingerprint density at radius 3 is 0.986 bits per heavy atom. The van der Waals surface area contributed by atoms with Crippen LogP contribution in [0, 0.1) is 0 Å². The first kappa shape index (κ1) is 41.1. The van der Waals surface area contributed by atoms with Crippen LogP contribution in [0.15, 0.2) is 261 Å². The van der Waals surface area contributed by atoms with Crippen molar-refractivity contribution in [3.8, 4) is 34.4 Å². The van der Waals surface area contributed by atoms with E-state index in [1.165, 1.54) is 0 Å². The monoisotopic (exact) mass is 934 g/mol. The molecular weight excluding hydrogens is 892 g/mol. The van der Waals surface area contributed by atoms with Crippen molar-refractivity contribution in [3.05, 3.63) is 261 Å². The van der Waals surface area contributed by atoms with E-state index in [1.54, 1.807) is 0 Å². The number of anilines is 6. The fourth-order valence-corrected chi connectivity index (χ4v) is 11.6. The van der Waals surface area contributed by atoms with E-state index >= 15 is 0 Å². The molecule has 0 spiro atoms. The molecule has 4 heterocycles. The number of fused-ring (bicyclic) bond motifs is 10. The zero-order chi connectivity index (χ0) is 48.0. The summed E-state index contributed by atoms with van der Waals surface area (Å²) in [6.45, 7) is -0.179. The molecule has 0 fully saturated rings. The molecule has 2 aromatic heterocycles. The van der Waals surface area contributed by atoms with Gasteiger partial charge in [0.15, 0.2) is 0 Å². The lowest BCUT2D eigenvalue weighted by atomic mass is 9.35. The van der Waals surface area contributed by atoms with Crippen LogP contribution in [0.5, 0.6) is 23.0 Å². The fourth-order valence-electron chi connectivity index (χ4n) is 11.6. The van der Waals surface area contributed by atoms with E-state index in [0.717, 1.165) is 128 Å². The molecule has 2 aliphatic rings. The third-order valence-electron chi connectivity index (χ3n) is 14.7. The second kappa shape index (κ2) is 16.4. The number of ether oxygens (including phenoxy) is 2. The summed E-state index contributed by atoms with van der Waals surface area (Å²) < 4.78 is 18.9. The smallest absolute Gasteiger partial charge is 0.260 e. The van der Waals surface area contributed by atoms with Crippen LogP contribution in [0.4, 0.5) is 34.1 Å². The molecular formula is C66H43BN4O2. The zero-order valence-corrected chi connectivity index (χ0v) is 39.5. The second-order valence-corrected chi connectivity index (χ2v) is 18.9. The number of rotatable bonds is 8. The van der Waals surface area contributed by atoms with Crippen LogP contribution in [-0.4, -0.2) is 15.8 Å². The first-order chi connectivity index (χ1) is 36.2. The molecule has 0 unspecified atom stereocenters. The van der Waals surface area contributed by atoms with Crippen LogP contribution < -0.4 is 35.7 Å². The summed E-state index contributed by atoms with van der Waals surface area (Å²) in [5.74, 6) is 3.31. The van der Waals surface area contributed by atoms with E-state index in [0.29, 0.717) is 0 Å². The van der Waals surface area contributed by atoms with Gasteiger partial charge in [0.1, 0.15) is 23.0 Å². The lowest BCUT2D eigenvalue weighted by Crippen LogP contribution is -2.57. The Morgan fingerprint density at radius 2 is 0.616 bits per heavy atom. The molecule has 6 nitrogen and oxygen atoms in total. The molecule has 342 valence electrons. The van der Waals surface area contributed by atoms with Gasteiger partial charge in [0.2, 0.25) is 0 Å². The van der Waals surface area contributed by atoms with Crippen molar-refractivity contribution in [2.24, 2.45) is 0 Å². The summed E-state index contributed by atoms with van der Waals surface area (Å²) in [6, 6.07) is 93.1. The molecule has 7 heteroatoms. The first-order valence-electron chi connectivity index (χ1n) is 24.9. The molecule has 11 aromatic carbocycles. The molecule has 0 amide bonds. The van der Waals surface area contributed by atoms with Crippen LogP contribution in [0.2, 0.25) is 0 Å². The van der Waals surface area contributed by atoms with E-state index in [4.69, 9.17) is 9.47 Å². The molecule has 15 rings (SSSR count). The quantitative estimate of drug-likeness (QED) is 0.142. The third kappa shape index (κ3) is 6.52. The number of benzene rings is 11. The van der Waals surface area contributed by atoms with Gasteiger partial charge in [-0.05, 0) is 144 Å². The number of para-hydroxylation sites is 6. The van der Waals surface area contributed by atoms with Gasteiger partial charge in [-0.2, -0.15) is 0 Å². The predicted octanol–water partition coefficient (Wildman–Crippen LogP) is 15.5. The Bertz CT molecular complexity index is 3910. The minimum atomic E-state index is -0.179. The summed E-state index contributed by atoms with van der Waals surface area (Å²) in [5, 5.41) is 4.54. The molecule has 0 bridgehead atoms. The molecule has 0 saturated heterocycles. The average molecular weight is 935 g/mol. The number of nitrogens with zero attached hydrogens (tertiary/aromatic N) is 4. The highest BCUT2D eigenvalue weighted by atomic mass is 16.5. The van der Waals surface area contributed by atoms with Crippen LogP contribution in [0.25, 0.3) is 55.0 Å². The number of aromatic nitrogens is 2. The average Bonchev–Trinajstić information content (AvgIpc) is 3.94. The van der Waals surface area contributed by atoms with Crippen molar-refractivity contribution in [2.45, 2.75) is 0 Å². The third-order valence-corrected chi connectivity index (χ3v) is 14.7. The summed E-state index contributed by atoms with van der Waals surface area (Å²) in [7, 11) is 0. The summed E-state index contributed by atoms with van der Waals surface area (Å²) in [4.78, 5) is 4.66. The van der Waals surface area contributed by atoms with Gasteiger partial charge < -0.3 is 28.4 Å². The van der Waals surface area contributed by atoms with Crippen molar-refractivity contribution in [1.29, 1.82) is 0 Å². The fraction of sp³-hybridized carbons (Fsp3) is 0. The highest BCUT2D eigenvalue weighted by molar-refractivity contribution is 6.98. The topological polar surface area (TPSA) is 34.8 Å². The highest BCUT2D eigenvalue weighted by Gasteiger charge is 2.41. The molecule has 73 heavy (non-hydrogen) atoms. The summed E-state index contributed by atoms with van der Waals surface area (Å²) >= 11 is 0. The van der Waals surface area contributed by atoms with Crippen molar-refractivity contribution < 1.29 is 9.47 Å². The van der Waals surface area contributed by atoms with E-state index in [1.807, 2.05) is 6.07 Å². The Morgan fingerprint density at radius 1 is 0.274 bits per heavy atom. The largest absolute Gasteiger partial charge is 0.458 e. The van der Waals surface area contributed by atoms with Gasteiger partial charge in [0.05, 0.1) is 22.1 Å². The first-order valence-corrected chi connectivity index (χ1v) is 24.9. The van der Waals surface area contributed by atoms with Crippen molar-refractivity contribution in [1.82, 2.24) is 9.13 Å². The maximum atomic E-state index is 7.02. The molecule has 2 aliphatic heterocycles. The summed E-state index contributed by atoms with van der Waals surface area (Å²) in [5.41, 5.74) is 16.3.